The molecule has 0 saturated carbocycles. The van der Waals surface area contributed by atoms with Crippen molar-refractivity contribution in [1.29, 1.82) is 0 Å². The van der Waals surface area contributed by atoms with Crippen molar-refractivity contribution in [3.8, 4) is 11.5 Å². The van der Waals surface area contributed by atoms with Gasteiger partial charge in [-0.1, -0.05) is 35.9 Å². The molecule has 0 aromatic heterocycles. The van der Waals surface area contributed by atoms with Crippen LogP contribution in [-0.4, -0.2) is 109 Å². The second kappa shape index (κ2) is 21.3. The van der Waals surface area contributed by atoms with Gasteiger partial charge in [-0.25, -0.2) is 4.39 Å². The SMILES string of the molecule is CC(=O)N(C)C1CCN(CC(=O)Nc2ccc(OCc3cccc(Cl)c3)cc2)C1.CC(=O)N(C)C1CCN(CC(=O)Nc2ccc(OCc3cccc(F)c3)cc2)C1. The van der Waals surface area contributed by atoms with Crippen LogP contribution in [-0.2, 0) is 32.4 Å². The Morgan fingerprint density at radius 3 is 1.52 bits per heavy atom. The van der Waals surface area contributed by atoms with Crippen LogP contribution in [0, 0.1) is 5.82 Å². The number of rotatable bonds is 14. The van der Waals surface area contributed by atoms with Gasteiger partial charge >= 0.3 is 0 Å². The lowest BCUT2D eigenvalue weighted by atomic mass is 10.2. The average Bonchev–Trinajstić information content (AvgIpc) is 3.87. The Morgan fingerprint density at radius 1 is 0.672 bits per heavy atom. The molecule has 2 unspecified atom stereocenters. The van der Waals surface area contributed by atoms with Gasteiger partial charge in [-0.3, -0.25) is 29.0 Å². The summed E-state index contributed by atoms with van der Waals surface area (Å²) in [6.45, 7) is 7.46. The number of halogens is 2. The molecule has 2 heterocycles. The molecule has 0 spiro atoms. The van der Waals surface area contributed by atoms with E-state index in [0.29, 0.717) is 42.7 Å². The molecule has 4 aromatic carbocycles. The van der Waals surface area contributed by atoms with Gasteiger partial charge in [0, 0.05) is 82.6 Å². The molecule has 4 aromatic rings. The Balaban J connectivity index is 0.000000221. The number of likely N-dealkylation sites (tertiary alicyclic amines) is 2. The first kappa shape index (κ1) is 43.6. The summed E-state index contributed by atoms with van der Waals surface area (Å²) in [7, 11) is 3.61. The van der Waals surface area contributed by atoms with Gasteiger partial charge in [0.25, 0.3) is 0 Å². The molecular weight excluding hydrogens is 763 g/mol. The predicted octanol–water partition coefficient (Wildman–Crippen LogP) is 6.31. The van der Waals surface area contributed by atoms with E-state index in [1.54, 1.807) is 67.1 Å². The Kier molecular flexibility index (Phi) is 16.0. The molecule has 6 rings (SSSR count). The van der Waals surface area contributed by atoms with Crippen molar-refractivity contribution in [3.63, 3.8) is 0 Å². The molecule has 14 heteroatoms. The number of hydrogen-bond acceptors (Lipinski definition) is 8. The summed E-state index contributed by atoms with van der Waals surface area (Å²) in [6, 6.07) is 28.5. The van der Waals surface area contributed by atoms with Gasteiger partial charge in [0.15, 0.2) is 0 Å². The van der Waals surface area contributed by atoms with Crippen LogP contribution in [0.15, 0.2) is 97.1 Å². The molecule has 0 radical (unpaired) electrons. The Bertz CT molecular complexity index is 1860. The number of nitrogens with zero attached hydrogens (tertiary/aromatic N) is 4. The highest BCUT2D eigenvalue weighted by Crippen LogP contribution is 2.21. The highest BCUT2D eigenvalue weighted by Gasteiger charge is 2.29. The third-order valence-electron chi connectivity index (χ3n) is 10.2. The van der Waals surface area contributed by atoms with E-state index in [9.17, 15) is 23.6 Å². The first-order valence-corrected chi connectivity index (χ1v) is 19.6. The number of nitrogens with one attached hydrogen (secondary N) is 2. The normalized spacial score (nSPS) is 16.4. The molecule has 2 saturated heterocycles. The number of amides is 4. The number of hydrogen-bond donors (Lipinski definition) is 2. The number of likely N-dealkylation sites (N-methyl/N-ethyl adjacent to an activating group) is 2. The van der Waals surface area contributed by atoms with Crippen molar-refractivity contribution in [2.45, 2.75) is 52.0 Å². The van der Waals surface area contributed by atoms with E-state index in [0.717, 1.165) is 55.0 Å². The van der Waals surface area contributed by atoms with Gasteiger partial charge < -0.3 is 29.9 Å². The molecular formula is C44H52ClFN6O6. The summed E-state index contributed by atoms with van der Waals surface area (Å²) in [5.41, 5.74) is 3.15. The van der Waals surface area contributed by atoms with Crippen LogP contribution in [0.1, 0.15) is 37.8 Å². The third-order valence-corrected chi connectivity index (χ3v) is 10.4. The van der Waals surface area contributed by atoms with E-state index in [4.69, 9.17) is 21.1 Å². The maximum Gasteiger partial charge on any atom is 0.238 e. The molecule has 0 bridgehead atoms. The molecule has 0 aliphatic carbocycles. The zero-order chi connectivity index (χ0) is 41.6. The summed E-state index contributed by atoms with van der Waals surface area (Å²) in [4.78, 5) is 55.2. The van der Waals surface area contributed by atoms with Crippen LogP contribution >= 0.6 is 11.6 Å². The summed E-state index contributed by atoms with van der Waals surface area (Å²) >= 11 is 5.98. The molecule has 2 atom stereocenters. The smallest absolute Gasteiger partial charge is 0.238 e. The van der Waals surface area contributed by atoms with Crippen LogP contribution in [0.4, 0.5) is 15.8 Å². The number of carbonyl (C=O) groups excluding carboxylic acids is 4. The van der Waals surface area contributed by atoms with E-state index in [-0.39, 0.29) is 48.1 Å². The topological polar surface area (TPSA) is 124 Å². The van der Waals surface area contributed by atoms with Crippen LogP contribution < -0.4 is 20.1 Å². The Morgan fingerprint density at radius 2 is 1.10 bits per heavy atom. The fraction of sp³-hybridized carbons (Fsp3) is 0.364. The summed E-state index contributed by atoms with van der Waals surface area (Å²) in [5, 5.41) is 6.47. The lowest BCUT2D eigenvalue weighted by Gasteiger charge is -2.23. The second-order valence-electron chi connectivity index (χ2n) is 14.6. The minimum Gasteiger partial charge on any atom is -0.489 e. The maximum atomic E-state index is 13.2. The Hall–Kier alpha value is -5.50. The summed E-state index contributed by atoms with van der Waals surface area (Å²) < 4.78 is 24.6. The van der Waals surface area contributed by atoms with Crippen molar-refractivity contribution < 1.29 is 33.0 Å². The van der Waals surface area contributed by atoms with Crippen LogP contribution in [0.2, 0.25) is 5.02 Å². The van der Waals surface area contributed by atoms with E-state index in [1.807, 2.05) is 55.6 Å². The minimum absolute atomic E-state index is 0.0426. The van der Waals surface area contributed by atoms with Crippen LogP contribution in [0.3, 0.4) is 0 Å². The van der Waals surface area contributed by atoms with Crippen molar-refractivity contribution in [3.05, 3.63) is 119 Å². The molecule has 308 valence electrons. The first-order chi connectivity index (χ1) is 27.8. The summed E-state index contributed by atoms with van der Waals surface area (Å²) in [6.07, 6.45) is 1.77. The third kappa shape index (κ3) is 13.9. The van der Waals surface area contributed by atoms with E-state index in [1.165, 1.54) is 12.1 Å². The van der Waals surface area contributed by atoms with Crippen molar-refractivity contribution in [2.75, 3.05) is 64.0 Å². The van der Waals surface area contributed by atoms with E-state index < -0.39 is 0 Å². The molecule has 12 nitrogen and oxygen atoms in total. The molecule has 2 aliphatic rings. The molecule has 4 amide bonds. The molecule has 2 aliphatic heterocycles. The fourth-order valence-corrected chi connectivity index (χ4v) is 6.93. The predicted molar refractivity (Wildman–Crippen MR) is 223 cm³/mol. The maximum absolute atomic E-state index is 13.2. The number of anilines is 2. The van der Waals surface area contributed by atoms with Crippen molar-refractivity contribution >= 4 is 46.6 Å². The lowest BCUT2D eigenvalue weighted by Crippen LogP contribution is -2.39. The zero-order valence-electron chi connectivity index (χ0n) is 33.5. The van der Waals surface area contributed by atoms with Crippen molar-refractivity contribution in [1.82, 2.24) is 19.6 Å². The zero-order valence-corrected chi connectivity index (χ0v) is 34.2. The van der Waals surface area contributed by atoms with E-state index in [2.05, 4.69) is 20.4 Å². The quantitative estimate of drug-likeness (QED) is 0.152. The summed E-state index contributed by atoms with van der Waals surface area (Å²) in [5.74, 6) is 1.01. The second-order valence-corrected chi connectivity index (χ2v) is 15.0. The number of ether oxygens (including phenoxy) is 2. The largest absolute Gasteiger partial charge is 0.489 e. The van der Waals surface area contributed by atoms with E-state index >= 15 is 0 Å². The lowest BCUT2D eigenvalue weighted by molar-refractivity contribution is -0.130. The number of benzene rings is 4. The first-order valence-electron chi connectivity index (χ1n) is 19.3. The monoisotopic (exact) mass is 814 g/mol. The van der Waals surface area contributed by atoms with Gasteiger partial charge in [-0.2, -0.15) is 0 Å². The van der Waals surface area contributed by atoms with Gasteiger partial charge in [0.2, 0.25) is 23.6 Å². The number of carbonyl (C=O) groups is 4. The average molecular weight is 815 g/mol. The van der Waals surface area contributed by atoms with Gasteiger partial charge in [0.05, 0.1) is 13.1 Å². The fourth-order valence-electron chi connectivity index (χ4n) is 6.72. The highest BCUT2D eigenvalue weighted by molar-refractivity contribution is 6.30. The molecule has 58 heavy (non-hydrogen) atoms. The van der Waals surface area contributed by atoms with Gasteiger partial charge in [-0.05, 0) is 96.8 Å². The van der Waals surface area contributed by atoms with Gasteiger partial charge in [-0.15, -0.1) is 0 Å². The molecule has 2 fully saturated rings. The minimum atomic E-state index is -0.290. The highest BCUT2D eigenvalue weighted by atomic mass is 35.5. The van der Waals surface area contributed by atoms with Crippen LogP contribution in [0.25, 0.3) is 0 Å². The van der Waals surface area contributed by atoms with Gasteiger partial charge in [0.1, 0.15) is 30.5 Å². The van der Waals surface area contributed by atoms with Crippen molar-refractivity contribution in [2.24, 2.45) is 0 Å². The van der Waals surface area contributed by atoms with Crippen LogP contribution in [0.5, 0.6) is 11.5 Å². The standard InChI is InChI=1S/C22H26ClN3O3.C22H26FN3O3/c2*1-16(27)25(2)20-10-11-26(13-20)14-22(28)24-19-6-8-21(9-7-19)29-15-17-4-3-5-18(23)12-17/h2*3-9,12,20H,10-11,13-15H2,1-2H3,(H,24,28). The Labute approximate surface area is 344 Å². The molecule has 2 N–H and O–H groups in total.